The van der Waals surface area contributed by atoms with E-state index in [-0.39, 0.29) is 11.6 Å². The topological polar surface area (TPSA) is 74.2 Å². The van der Waals surface area contributed by atoms with Gasteiger partial charge in [-0.25, -0.2) is 4.98 Å². The molecule has 0 radical (unpaired) electrons. The van der Waals surface area contributed by atoms with Gasteiger partial charge in [0.15, 0.2) is 0 Å². The van der Waals surface area contributed by atoms with Crippen LogP contribution in [-0.4, -0.2) is 17.2 Å². The van der Waals surface area contributed by atoms with Crippen molar-refractivity contribution in [2.75, 3.05) is 12.3 Å². The fraction of sp³-hybridized carbons (Fsp3) is 0.667. The Labute approximate surface area is 115 Å². The average molecular weight is 263 g/mol. The molecule has 1 atom stereocenters. The first-order chi connectivity index (χ1) is 9.09. The van der Waals surface area contributed by atoms with Crippen LogP contribution >= 0.6 is 0 Å². The highest BCUT2D eigenvalue weighted by Crippen LogP contribution is 2.41. The Morgan fingerprint density at radius 1 is 1.37 bits per heavy atom. The van der Waals surface area contributed by atoms with Gasteiger partial charge in [0.1, 0.15) is 5.82 Å². The van der Waals surface area contributed by atoms with Gasteiger partial charge in [-0.15, -0.1) is 0 Å². The van der Waals surface area contributed by atoms with Crippen molar-refractivity contribution in [3.63, 3.8) is 0 Å². The molecule has 4 heteroatoms. The van der Waals surface area contributed by atoms with Crippen LogP contribution in [0.1, 0.15) is 56.2 Å². The molecule has 0 spiro atoms. The van der Waals surface area contributed by atoms with E-state index in [1.54, 1.807) is 6.20 Å². The Bertz CT molecular complexity index is 422. The van der Waals surface area contributed by atoms with Crippen LogP contribution in [0.4, 0.5) is 5.82 Å². The summed E-state index contributed by atoms with van der Waals surface area (Å²) in [7, 11) is 0. The number of nitrogen functional groups attached to an aromatic ring is 1. The Kier molecular flexibility index (Phi) is 4.42. The summed E-state index contributed by atoms with van der Waals surface area (Å²) in [5, 5.41) is 0. The van der Waals surface area contributed by atoms with Crippen molar-refractivity contribution in [2.45, 2.75) is 57.6 Å². The minimum atomic E-state index is -0.267. The van der Waals surface area contributed by atoms with Crippen LogP contribution in [0, 0.1) is 6.92 Å². The minimum Gasteiger partial charge on any atom is -0.383 e. The van der Waals surface area contributed by atoms with Crippen molar-refractivity contribution >= 4 is 5.82 Å². The van der Waals surface area contributed by atoms with Gasteiger partial charge in [0.05, 0.1) is 11.6 Å². The maximum Gasteiger partial charge on any atom is 0.128 e. The summed E-state index contributed by atoms with van der Waals surface area (Å²) in [4.78, 5) is 4.23. The molecule has 0 aromatic carbocycles. The van der Waals surface area contributed by atoms with Gasteiger partial charge in [-0.3, -0.25) is 0 Å². The van der Waals surface area contributed by atoms with E-state index in [0.717, 1.165) is 24.0 Å². The van der Waals surface area contributed by atoms with Crippen molar-refractivity contribution < 1.29 is 4.74 Å². The van der Waals surface area contributed by atoms with Crippen LogP contribution in [0.2, 0.25) is 0 Å². The van der Waals surface area contributed by atoms with E-state index in [4.69, 9.17) is 16.2 Å². The number of pyridine rings is 1. The van der Waals surface area contributed by atoms with Crippen molar-refractivity contribution in [1.29, 1.82) is 0 Å². The number of aromatic nitrogens is 1. The molecule has 4 N–H and O–H groups in total. The Hall–Kier alpha value is -1.13. The molecule has 0 amide bonds. The third kappa shape index (κ3) is 2.90. The number of hydrogen-bond donors (Lipinski definition) is 2. The summed E-state index contributed by atoms with van der Waals surface area (Å²) < 4.78 is 6.07. The van der Waals surface area contributed by atoms with E-state index in [1.165, 1.54) is 19.3 Å². The van der Waals surface area contributed by atoms with Gasteiger partial charge in [-0.2, -0.15) is 0 Å². The summed E-state index contributed by atoms with van der Waals surface area (Å²) in [6.45, 7) is 4.73. The maximum absolute atomic E-state index is 6.52. The minimum absolute atomic E-state index is 0.194. The second kappa shape index (κ2) is 5.88. The second-order valence-electron chi connectivity index (χ2n) is 5.52. The molecule has 1 fully saturated rings. The van der Waals surface area contributed by atoms with E-state index < -0.39 is 0 Å². The molecular formula is C15H25N3O. The van der Waals surface area contributed by atoms with E-state index in [0.29, 0.717) is 12.4 Å². The molecule has 0 bridgehead atoms. The van der Waals surface area contributed by atoms with E-state index >= 15 is 0 Å². The SMILES string of the molecule is CCOC1(C(N)c2cc(C)cnc2N)CCCCC1. The number of anilines is 1. The number of rotatable bonds is 4. The third-order valence-electron chi connectivity index (χ3n) is 4.12. The summed E-state index contributed by atoms with van der Waals surface area (Å²) in [6.07, 6.45) is 7.41. The molecule has 1 aliphatic carbocycles. The summed E-state index contributed by atoms with van der Waals surface area (Å²) in [5.41, 5.74) is 14.3. The van der Waals surface area contributed by atoms with E-state index in [2.05, 4.69) is 4.98 Å². The van der Waals surface area contributed by atoms with Gasteiger partial charge in [0, 0.05) is 18.4 Å². The van der Waals surface area contributed by atoms with Crippen LogP contribution in [-0.2, 0) is 4.74 Å². The molecule has 2 rings (SSSR count). The summed E-state index contributed by atoms with van der Waals surface area (Å²) >= 11 is 0. The highest BCUT2D eigenvalue weighted by atomic mass is 16.5. The molecule has 1 heterocycles. The number of nitrogens with two attached hydrogens (primary N) is 2. The Balaban J connectivity index is 2.32. The molecule has 4 nitrogen and oxygen atoms in total. The van der Waals surface area contributed by atoms with Crippen LogP contribution in [0.5, 0.6) is 0 Å². The Morgan fingerprint density at radius 2 is 2.05 bits per heavy atom. The lowest BCUT2D eigenvalue weighted by Gasteiger charge is -2.42. The summed E-state index contributed by atoms with van der Waals surface area (Å²) in [5.74, 6) is 0.530. The van der Waals surface area contributed by atoms with Crippen molar-refractivity contribution in [2.24, 2.45) is 5.73 Å². The average Bonchev–Trinajstić information content (AvgIpc) is 2.42. The lowest BCUT2D eigenvalue weighted by Crippen LogP contribution is -2.45. The van der Waals surface area contributed by atoms with E-state index in [1.807, 2.05) is 19.9 Å². The fourth-order valence-corrected chi connectivity index (χ4v) is 3.12. The first-order valence-corrected chi connectivity index (χ1v) is 7.20. The molecule has 1 aromatic heterocycles. The lowest BCUT2D eigenvalue weighted by molar-refractivity contribution is -0.0830. The monoisotopic (exact) mass is 263 g/mol. The van der Waals surface area contributed by atoms with Gasteiger partial charge in [-0.1, -0.05) is 19.3 Å². The highest BCUT2D eigenvalue weighted by molar-refractivity contribution is 5.44. The van der Waals surface area contributed by atoms with Gasteiger partial charge in [-0.05, 0) is 38.3 Å². The van der Waals surface area contributed by atoms with Gasteiger partial charge < -0.3 is 16.2 Å². The predicted octanol–water partition coefficient (Wildman–Crippen LogP) is 2.71. The summed E-state index contributed by atoms with van der Waals surface area (Å²) in [6, 6.07) is 1.85. The fourth-order valence-electron chi connectivity index (χ4n) is 3.12. The zero-order valence-electron chi connectivity index (χ0n) is 12.0. The molecule has 1 unspecified atom stereocenters. The van der Waals surface area contributed by atoms with Crippen molar-refractivity contribution in [3.05, 3.63) is 23.4 Å². The van der Waals surface area contributed by atoms with Crippen LogP contribution in [0.25, 0.3) is 0 Å². The first-order valence-electron chi connectivity index (χ1n) is 7.20. The van der Waals surface area contributed by atoms with Gasteiger partial charge in [0.2, 0.25) is 0 Å². The van der Waals surface area contributed by atoms with Crippen LogP contribution in [0.15, 0.2) is 12.3 Å². The number of nitrogens with zero attached hydrogens (tertiary/aromatic N) is 1. The normalized spacial score (nSPS) is 20.2. The van der Waals surface area contributed by atoms with Crippen molar-refractivity contribution in [3.8, 4) is 0 Å². The second-order valence-corrected chi connectivity index (χ2v) is 5.52. The maximum atomic E-state index is 6.52. The molecular weight excluding hydrogens is 238 g/mol. The Morgan fingerprint density at radius 3 is 2.68 bits per heavy atom. The van der Waals surface area contributed by atoms with E-state index in [9.17, 15) is 0 Å². The quantitative estimate of drug-likeness (QED) is 0.876. The van der Waals surface area contributed by atoms with Crippen LogP contribution in [0.3, 0.4) is 0 Å². The number of ether oxygens (including phenoxy) is 1. The molecule has 1 saturated carbocycles. The van der Waals surface area contributed by atoms with Crippen molar-refractivity contribution in [1.82, 2.24) is 4.98 Å². The smallest absolute Gasteiger partial charge is 0.128 e. The number of hydrogen-bond acceptors (Lipinski definition) is 4. The third-order valence-corrected chi connectivity index (χ3v) is 4.12. The number of aryl methyl sites for hydroxylation is 1. The largest absolute Gasteiger partial charge is 0.383 e. The molecule has 106 valence electrons. The van der Waals surface area contributed by atoms with Crippen LogP contribution < -0.4 is 11.5 Å². The van der Waals surface area contributed by atoms with Gasteiger partial charge >= 0.3 is 0 Å². The molecule has 0 saturated heterocycles. The molecule has 0 aliphatic heterocycles. The highest BCUT2D eigenvalue weighted by Gasteiger charge is 2.40. The predicted molar refractivity (Wildman–Crippen MR) is 77.8 cm³/mol. The molecule has 1 aromatic rings. The standard InChI is InChI=1S/C15H25N3O/c1-3-19-15(7-5-4-6-8-15)13(16)12-9-11(2)10-18-14(12)17/h9-10,13H,3-8,16H2,1-2H3,(H2,17,18). The molecule has 19 heavy (non-hydrogen) atoms. The molecule has 1 aliphatic rings. The van der Waals surface area contributed by atoms with Gasteiger partial charge in [0.25, 0.3) is 0 Å². The first kappa shape index (κ1) is 14.3. The lowest BCUT2D eigenvalue weighted by atomic mass is 9.77. The zero-order chi connectivity index (χ0) is 13.9. The zero-order valence-corrected chi connectivity index (χ0v) is 12.0.